The molecular weight excluding hydrogens is 359 g/mol. The number of nitrogens with zero attached hydrogens (tertiary/aromatic N) is 2. The van der Waals surface area contributed by atoms with E-state index < -0.39 is 27.6 Å². The number of aryl methyl sites for hydroxylation is 1. The molecule has 1 amide bonds. The number of hydrogen-bond acceptors (Lipinski definition) is 4. The quantitative estimate of drug-likeness (QED) is 0.801. The molecule has 0 saturated carbocycles. The minimum absolute atomic E-state index is 0.0253. The lowest BCUT2D eigenvalue weighted by Gasteiger charge is -2.34. The molecule has 26 heavy (non-hydrogen) atoms. The predicted octanol–water partition coefficient (Wildman–Crippen LogP) is 1.88. The molecule has 3 heterocycles. The van der Waals surface area contributed by atoms with Gasteiger partial charge in [-0.1, -0.05) is 13.8 Å². The second-order valence-corrected chi connectivity index (χ2v) is 9.59. The molecule has 1 spiro atoms. The van der Waals surface area contributed by atoms with E-state index in [9.17, 15) is 17.6 Å². The van der Waals surface area contributed by atoms with E-state index in [0.717, 1.165) is 6.07 Å². The number of benzene rings is 1. The lowest BCUT2D eigenvalue weighted by Crippen LogP contribution is -2.51. The summed E-state index contributed by atoms with van der Waals surface area (Å²) in [4.78, 5) is 14.5. The number of carbonyl (C=O) groups is 1. The summed E-state index contributed by atoms with van der Waals surface area (Å²) in [5.41, 5.74) is -0.493. The zero-order valence-electron chi connectivity index (χ0n) is 15.1. The van der Waals surface area contributed by atoms with Gasteiger partial charge in [0.25, 0.3) is 0 Å². The maximum Gasteiger partial charge on any atom is 0.243 e. The fraction of sp³-hybridized carbons (Fsp3) is 0.611. The summed E-state index contributed by atoms with van der Waals surface area (Å²) in [6, 6.07) is 3.10. The zero-order valence-corrected chi connectivity index (χ0v) is 15.9. The monoisotopic (exact) mass is 382 g/mol. The molecular formula is C18H23FN2O4S. The van der Waals surface area contributed by atoms with Gasteiger partial charge in [-0.3, -0.25) is 4.79 Å². The van der Waals surface area contributed by atoms with Crippen molar-refractivity contribution in [2.75, 3.05) is 13.2 Å². The molecule has 3 atom stereocenters. The first-order valence-corrected chi connectivity index (χ1v) is 10.4. The summed E-state index contributed by atoms with van der Waals surface area (Å²) >= 11 is 0. The Hall–Kier alpha value is -1.51. The third-order valence-electron chi connectivity index (χ3n) is 5.93. The van der Waals surface area contributed by atoms with Crippen LogP contribution in [0.15, 0.2) is 23.1 Å². The Kier molecular flexibility index (Phi) is 3.95. The van der Waals surface area contributed by atoms with Gasteiger partial charge in [-0.15, -0.1) is 0 Å². The third-order valence-corrected chi connectivity index (χ3v) is 8.00. The highest BCUT2D eigenvalue weighted by molar-refractivity contribution is 7.89. The second-order valence-electron chi connectivity index (χ2n) is 7.73. The Bertz CT molecular complexity index is 872. The molecule has 0 unspecified atom stereocenters. The number of hydrogen-bond donors (Lipinski definition) is 0. The molecule has 3 aliphatic heterocycles. The van der Waals surface area contributed by atoms with Crippen molar-refractivity contribution >= 4 is 15.9 Å². The molecule has 0 bridgehead atoms. The van der Waals surface area contributed by atoms with Gasteiger partial charge in [0.15, 0.2) is 5.72 Å². The van der Waals surface area contributed by atoms with Gasteiger partial charge in [-0.05, 0) is 36.6 Å². The number of halogens is 1. The highest BCUT2D eigenvalue weighted by atomic mass is 32.2. The summed E-state index contributed by atoms with van der Waals surface area (Å²) in [5.74, 6) is -0.288. The molecule has 1 aromatic carbocycles. The lowest BCUT2D eigenvalue weighted by atomic mass is 10.0. The van der Waals surface area contributed by atoms with Gasteiger partial charge in [-0.25, -0.2) is 12.8 Å². The zero-order chi connectivity index (χ0) is 18.9. The minimum atomic E-state index is -3.84. The minimum Gasteiger partial charge on any atom is -0.352 e. The summed E-state index contributed by atoms with van der Waals surface area (Å²) in [6.07, 6.45) is 0.592. The second kappa shape index (κ2) is 5.74. The van der Waals surface area contributed by atoms with Crippen molar-refractivity contribution in [2.24, 2.45) is 5.92 Å². The molecule has 0 radical (unpaired) electrons. The highest BCUT2D eigenvalue weighted by Gasteiger charge is 2.66. The molecule has 4 rings (SSSR count). The normalized spacial score (nSPS) is 31.7. The van der Waals surface area contributed by atoms with Gasteiger partial charge >= 0.3 is 0 Å². The van der Waals surface area contributed by atoms with Crippen molar-refractivity contribution in [1.82, 2.24) is 9.21 Å². The van der Waals surface area contributed by atoms with Crippen LogP contribution in [0, 0.1) is 18.7 Å². The molecule has 0 aliphatic carbocycles. The average molecular weight is 382 g/mol. The average Bonchev–Trinajstić information content (AvgIpc) is 3.16. The van der Waals surface area contributed by atoms with Gasteiger partial charge in [0.1, 0.15) is 5.82 Å². The molecule has 3 saturated heterocycles. The van der Waals surface area contributed by atoms with Crippen LogP contribution in [0.3, 0.4) is 0 Å². The standard InChI is InChI=1S/C18H23FN2O4S/c1-11(2)14-10-25-18-6-7-20(16(18)9-17(22)21(14)18)26(23,24)15-5-4-13(19)8-12(15)3/h4-5,8,11,14,16H,6-7,9-10H2,1-3H3/t14-,16+,18-/m0/s1. The van der Waals surface area contributed by atoms with Crippen molar-refractivity contribution in [2.45, 2.75) is 56.3 Å². The van der Waals surface area contributed by atoms with Crippen LogP contribution >= 0.6 is 0 Å². The Morgan fingerprint density at radius 1 is 1.35 bits per heavy atom. The van der Waals surface area contributed by atoms with Crippen molar-refractivity contribution < 1.29 is 22.3 Å². The Labute approximate surface area is 153 Å². The van der Waals surface area contributed by atoms with Gasteiger partial charge in [-0.2, -0.15) is 4.31 Å². The molecule has 8 heteroatoms. The maximum absolute atomic E-state index is 13.4. The van der Waals surface area contributed by atoms with E-state index in [0.29, 0.717) is 25.1 Å². The van der Waals surface area contributed by atoms with Gasteiger partial charge in [0.05, 0.1) is 23.6 Å². The smallest absolute Gasteiger partial charge is 0.243 e. The van der Waals surface area contributed by atoms with Crippen molar-refractivity contribution in [3.05, 3.63) is 29.6 Å². The number of sulfonamides is 1. The molecule has 6 nitrogen and oxygen atoms in total. The number of amides is 1. The SMILES string of the molecule is Cc1cc(F)ccc1S(=O)(=O)N1CC[C@@]23OC[C@@H](C(C)C)N2C(=O)C[C@@H]13. The summed E-state index contributed by atoms with van der Waals surface area (Å²) < 4.78 is 47.3. The van der Waals surface area contributed by atoms with E-state index in [1.807, 2.05) is 13.8 Å². The van der Waals surface area contributed by atoms with E-state index in [1.54, 1.807) is 11.8 Å². The van der Waals surface area contributed by atoms with Crippen molar-refractivity contribution in [3.63, 3.8) is 0 Å². The van der Waals surface area contributed by atoms with Crippen LogP contribution in [0.4, 0.5) is 4.39 Å². The number of rotatable bonds is 3. The first-order chi connectivity index (χ1) is 12.2. The van der Waals surface area contributed by atoms with Crippen molar-refractivity contribution in [3.8, 4) is 0 Å². The molecule has 142 valence electrons. The van der Waals surface area contributed by atoms with Crippen LogP contribution in [0.1, 0.15) is 32.3 Å². The van der Waals surface area contributed by atoms with E-state index in [1.165, 1.54) is 16.4 Å². The van der Waals surface area contributed by atoms with Gasteiger partial charge in [0.2, 0.25) is 15.9 Å². The van der Waals surface area contributed by atoms with Crippen LogP contribution in [-0.2, 0) is 19.6 Å². The fourth-order valence-electron chi connectivity index (χ4n) is 4.65. The number of carbonyl (C=O) groups excluding carboxylic acids is 1. The lowest BCUT2D eigenvalue weighted by molar-refractivity contribution is -0.139. The Morgan fingerprint density at radius 3 is 2.73 bits per heavy atom. The van der Waals surface area contributed by atoms with Gasteiger partial charge < -0.3 is 9.64 Å². The maximum atomic E-state index is 13.4. The fourth-order valence-corrected chi connectivity index (χ4v) is 6.51. The van der Waals surface area contributed by atoms with E-state index in [-0.39, 0.29) is 29.2 Å². The predicted molar refractivity (Wildman–Crippen MR) is 92.2 cm³/mol. The third kappa shape index (κ3) is 2.28. The molecule has 3 aliphatic rings. The first-order valence-electron chi connectivity index (χ1n) is 8.92. The van der Waals surface area contributed by atoms with Crippen LogP contribution in [0.5, 0.6) is 0 Å². The van der Waals surface area contributed by atoms with Crippen LogP contribution in [0.2, 0.25) is 0 Å². The summed E-state index contributed by atoms with van der Waals surface area (Å²) in [5, 5.41) is 0. The highest BCUT2D eigenvalue weighted by Crippen LogP contribution is 2.50. The molecule has 3 fully saturated rings. The Balaban J connectivity index is 1.72. The topological polar surface area (TPSA) is 66.9 Å². The van der Waals surface area contributed by atoms with Crippen LogP contribution in [0.25, 0.3) is 0 Å². The first kappa shape index (κ1) is 17.9. The summed E-state index contributed by atoms with van der Waals surface area (Å²) in [7, 11) is -3.84. The van der Waals surface area contributed by atoms with Crippen LogP contribution < -0.4 is 0 Å². The van der Waals surface area contributed by atoms with E-state index in [4.69, 9.17) is 4.74 Å². The van der Waals surface area contributed by atoms with Crippen molar-refractivity contribution in [1.29, 1.82) is 0 Å². The van der Waals surface area contributed by atoms with E-state index >= 15 is 0 Å². The summed E-state index contributed by atoms with van der Waals surface area (Å²) in [6.45, 7) is 6.38. The largest absolute Gasteiger partial charge is 0.352 e. The number of ether oxygens (including phenoxy) is 1. The van der Waals surface area contributed by atoms with E-state index in [2.05, 4.69) is 0 Å². The van der Waals surface area contributed by atoms with Crippen LogP contribution in [-0.4, -0.2) is 54.5 Å². The molecule has 0 aromatic heterocycles. The van der Waals surface area contributed by atoms with Gasteiger partial charge in [0, 0.05) is 19.4 Å². The molecule has 0 N–H and O–H groups in total. The Morgan fingerprint density at radius 2 is 2.08 bits per heavy atom. The molecule has 1 aromatic rings.